The number of ether oxygens (including phenoxy) is 1. The first-order chi connectivity index (χ1) is 19.0. The van der Waals surface area contributed by atoms with Gasteiger partial charge in [-0.25, -0.2) is 8.42 Å². The molecule has 2 aliphatic rings. The molecule has 2 aromatic carbocycles. The number of nitrogens with zero attached hydrogens (tertiary/aromatic N) is 2. The molecule has 0 aromatic heterocycles. The third kappa shape index (κ3) is 7.46. The van der Waals surface area contributed by atoms with Crippen molar-refractivity contribution in [1.29, 1.82) is 5.41 Å². The van der Waals surface area contributed by atoms with E-state index < -0.39 is 46.3 Å². The number of nitrogens with two attached hydrogens (primary N) is 1. The van der Waals surface area contributed by atoms with E-state index in [1.807, 2.05) is 12.1 Å². The normalized spacial score (nSPS) is 18.2. The van der Waals surface area contributed by atoms with Gasteiger partial charge in [-0.3, -0.25) is 19.8 Å². The van der Waals surface area contributed by atoms with Gasteiger partial charge in [0.1, 0.15) is 6.04 Å². The van der Waals surface area contributed by atoms with Crippen LogP contribution in [0.4, 0.5) is 0 Å². The molecular weight excluding hydrogens is 540 g/mol. The van der Waals surface area contributed by atoms with Crippen LogP contribution < -0.4 is 15.8 Å². The Morgan fingerprint density at radius 1 is 1.18 bits per heavy atom. The summed E-state index contributed by atoms with van der Waals surface area (Å²) < 4.78 is 34.6. The van der Waals surface area contributed by atoms with Gasteiger partial charge >= 0.3 is 5.97 Å². The molecule has 1 saturated carbocycles. The molecule has 0 radical (unpaired) electrons. The molecule has 13 nitrogen and oxygen atoms in total. The minimum Gasteiger partial charge on any atom is -0.481 e. The van der Waals surface area contributed by atoms with Crippen molar-refractivity contribution in [1.82, 2.24) is 19.8 Å². The van der Waals surface area contributed by atoms with Crippen molar-refractivity contribution in [2.24, 2.45) is 5.73 Å². The van der Waals surface area contributed by atoms with E-state index >= 15 is 0 Å². The van der Waals surface area contributed by atoms with Crippen molar-refractivity contribution in [2.45, 2.75) is 48.7 Å². The van der Waals surface area contributed by atoms with Crippen LogP contribution in [0.15, 0.2) is 47.4 Å². The zero-order valence-corrected chi connectivity index (χ0v) is 22.7. The summed E-state index contributed by atoms with van der Waals surface area (Å²) >= 11 is 0. The van der Waals surface area contributed by atoms with Gasteiger partial charge < -0.3 is 30.7 Å². The fourth-order valence-electron chi connectivity index (χ4n) is 4.67. The third-order valence-electron chi connectivity index (χ3n) is 6.93. The van der Waals surface area contributed by atoms with E-state index in [-0.39, 0.29) is 43.0 Å². The second-order valence-electron chi connectivity index (χ2n) is 9.90. The number of carbonyl (C=O) groups excluding carboxylic acids is 2. The van der Waals surface area contributed by atoms with Crippen molar-refractivity contribution in [3.8, 4) is 0 Å². The number of carboxylic acids is 1. The molecule has 2 atom stereocenters. The highest BCUT2D eigenvalue weighted by molar-refractivity contribution is 7.89. The first-order valence-electron chi connectivity index (χ1n) is 13.0. The van der Waals surface area contributed by atoms with Gasteiger partial charge in [-0.05, 0) is 35.7 Å². The molecule has 2 fully saturated rings. The first kappa shape index (κ1) is 29.2. The molecule has 1 aliphatic carbocycles. The molecule has 4 rings (SSSR count). The van der Waals surface area contributed by atoms with E-state index in [4.69, 9.17) is 21.0 Å². The summed E-state index contributed by atoms with van der Waals surface area (Å²) in [6.45, 7) is 0.998. The number of benzene rings is 2. The van der Waals surface area contributed by atoms with Gasteiger partial charge in [-0.15, -0.1) is 0 Å². The van der Waals surface area contributed by atoms with Crippen molar-refractivity contribution < 1.29 is 32.6 Å². The van der Waals surface area contributed by atoms with Crippen molar-refractivity contribution in [3.63, 3.8) is 0 Å². The largest absolute Gasteiger partial charge is 0.481 e. The second-order valence-corrected chi connectivity index (χ2v) is 11.6. The van der Waals surface area contributed by atoms with Gasteiger partial charge in [0.25, 0.3) is 0 Å². The average molecular weight is 575 g/mol. The Morgan fingerprint density at radius 2 is 1.90 bits per heavy atom. The van der Waals surface area contributed by atoms with Crippen LogP contribution in [-0.2, 0) is 29.1 Å². The van der Waals surface area contributed by atoms with Crippen LogP contribution in [0.5, 0.6) is 0 Å². The summed E-state index contributed by atoms with van der Waals surface area (Å²) in [5.41, 5.74) is 5.63. The minimum atomic E-state index is -4.23. The van der Waals surface area contributed by atoms with Crippen molar-refractivity contribution in [3.05, 3.63) is 42.5 Å². The molecule has 1 heterocycles. The number of guanidine groups is 1. The lowest BCUT2D eigenvalue weighted by Crippen LogP contribution is -2.56. The standard InChI is InChI=1S/C26H34N6O7S/c27-26(28)32-11-12-39-16-20(32)15-29-23(33)14-22(25(36)31(19-6-7-19)10-9-24(34)35)30-40(37,38)21-8-5-17-3-1-2-4-18(17)13-21/h1-5,8,13,19-20,22,30H,6-7,9-12,14-16H2,(H3,27,28)(H,29,33)(H,34,35)/t20?,22-/m0/s1. The zero-order valence-electron chi connectivity index (χ0n) is 21.9. The topological polar surface area (TPSA) is 195 Å². The van der Waals surface area contributed by atoms with Gasteiger partial charge in [0.2, 0.25) is 21.8 Å². The number of sulfonamides is 1. The van der Waals surface area contributed by atoms with Crippen LogP contribution in [0.3, 0.4) is 0 Å². The van der Waals surface area contributed by atoms with Crippen LogP contribution in [-0.4, -0.2) is 98.0 Å². The summed E-state index contributed by atoms with van der Waals surface area (Å²) in [7, 11) is -4.23. The number of carbonyl (C=O) groups is 3. The molecule has 1 aliphatic heterocycles. The molecule has 2 aromatic rings. The zero-order chi connectivity index (χ0) is 28.9. The quantitative estimate of drug-likeness (QED) is 0.172. The first-order valence-corrected chi connectivity index (χ1v) is 14.5. The Kier molecular flexibility index (Phi) is 9.22. The number of morpholine rings is 1. The Bertz CT molecular complexity index is 1380. The molecule has 0 bridgehead atoms. The van der Waals surface area contributed by atoms with Crippen LogP contribution >= 0.6 is 0 Å². The summed E-state index contributed by atoms with van der Waals surface area (Å²) in [6, 6.07) is 9.74. The fourth-order valence-corrected chi connectivity index (χ4v) is 5.90. The minimum absolute atomic E-state index is 0.0654. The van der Waals surface area contributed by atoms with E-state index in [2.05, 4.69) is 10.0 Å². The molecule has 1 unspecified atom stereocenters. The van der Waals surface area contributed by atoms with Crippen LogP contribution in [0.25, 0.3) is 10.8 Å². The number of carboxylic acid groups (broad SMARTS) is 1. The third-order valence-corrected chi connectivity index (χ3v) is 8.39. The SMILES string of the molecule is N=C(N)N1CCOCC1CNC(=O)C[C@H](NS(=O)(=O)c1ccc2ccccc2c1)C(=O)N(CCC(=O)O)C1CC1. The van der Waals surface area contributed by atoms with E-state index in [9.17, 15) is 22.8 Å². The lowest BCUT2D eigenvalue weighted by molar-refractivity contribution is -0.140. The van der Waals surface area contributed by atoms with E-state index in [0.717, 1.165) is 5.39 Å². The molecule has 40 heavy (non-hydrogen) atoms. The van der Waals surface area contributed by atoms with Crippen molar-refractivity contribution >= 4 is 44.5 Å². The Morgan fingerprint density at radius 3 is 2.58 bits per heavy atom. The Labute approximate surface area is 232 Å². The lowest BCUT2D eigenvalue weighted by atomic mass is 10.1. The van der Waals surface area contributed by atoms with E-state index in [0.29, 0.717) is 31.4 Å². The summed E-state index contributed by atoms with van der Waals surface area (Å²) in [6.07, 6.45) is 0.533. The smallest absolute Gasteiger partial charge is 0.305 e. The van der Waals surface area contributed by atoms with E-state index in [1.54, 1.807) is 23.1 Å². The highest BCUT2D eigenvalue weighted by Crippen LogP contribution is 2.28. The maximum Gasteiger partial charge on any atom is 0.305 e. The Balaban J connectivity index is 1.53. The number of fused-ring (bicyclic) bond motifs is 1. The van der Waals surface area contributed by atoms with Gasteiger partial charge in [-0.1, -0.05) is 30.3 Å². The van der Waals surface area contributed by atoms with Crippen molar-refractivity contribution in [2.75, 3.05) is 32.8 Å². The number of rotatable bonds is 12. The maximum absolute atomic E-state index is 13.6. The molecule has 0 spiro atoms. The monoisotopic (exact) mass is 574 g/mol. The predicted molar refractivity (Wildman–Crippen MR) is 146 cm³/mol. The van der Waals surface area contributed by atoms with Gasteiger partial charge in [0, 0.05) is 25.7 Å². The van der Waals surface area contributed by atoms with Crippen LogP contribution in [0.2, 0.25) is 0 Å². The van der Waals surface area contributed by atoms with Gasteiger partial charge in [0.15, 0.2) is 5.96 Å². The van der Waals surface area contributed by atoms with Crippen LogP contribution in [0, 0.1) is 5.41 Å². The average Bonchev–Trinajstić information content (AvgIpc) is 3.76. The highest BCUT2D eigenvalue weighted by Gasteiger charge is 2.38. The predicted octanol–water partition coefficient (Wildman–Crippen LogP) is 0.0530. The number of nitrogens with one attached hydrogen (secondary N) is 3. The molecule has 14 heteroatoms. The van der Waals surface area contributed by atoms with Gasteiger partial charge in [-0.2, -0.15) is 4.72 Å². The molecule has 6 N–H and O–H groups in total. The molecular formula is C26H34N6O7S. The fraction of sp³-hybridized carbons (Fsp3) is 0.462. The molecule has 1 saturated heterocycles. The summed E-state index contributed by atoms with van der Waals surface area (Å²) in [5, 5.41) is 21.1. The number of hydrogen-bond donors (Lipinski definition) is 5. The maximum atomic E-state index is 13.6. The van der Waals surface area contributed by atoms with E-state index in [1.165, 1.54) is 17.0 Å². The highest BCUT2D eigenvalue weighted by atomic mass is 32.2. The number of aliphatic carboxylic acids is 1. The Hall–Kier alpha value is -3.75. The number of hydrogen-bond acceptors (Lipinski definition) is 7. The lowest BCUT2D eigenvalue weighted by Gasteiger charge is -2.36. The summed E-state index contributed by atoms with van der Waals surface area (Å²) in [4.78, 5) is 40.7. The van der Waals surface area contributed by atoms with Crippen LogP contribution in [0.1, 0.15) is 25.7 Å². The molecule has 2 amide bonds. The second kappa shape index (κ2) is 12.6. The summed E-state index contributed by atoms with van der Waals surface area (Å²) in [5.74, 6) is -2.50. The van der Waals surface area contributed by atoms with Gasteiger partial charge in [0.05, 0.1) is 37.0 Å². The number of amides is 2. The molecule has 216 valence electrons.